The second-order valence-electron chi connectivity index (χ2n) is 5.65. The van der Waals surface area contributed by atoms with Gasteiger partial charge in [0.2, 0.25) is 12.7 Å². The van der Waals surface area contributed by atoms with E-state index in [1.54, 1.807) is 4.90 Å². The molecule has 0 aromatic heterocycles. The van der Waals surface area contributed by atoms with Gasteiger partial charge in [-0.05, 0) is 30.7 Å². The van der Waals surface area contributed by atoms with Crippen molar-refractivity contribution in [2.24, 2.45) is 0 Å². The number of hydrogen-bond acceptors (Lipinski definition) is 4. The van der Waals surface area contributed by atoms with Crippen molar-refractivity contribution < 1.29 is 14.3 Å². The van der Waals surface area contributed by atoms with Crippen molar-refractivity contribution in [3.63, 3.8) is 0 Å². The SMILES string of the molecule is CC(C)NCCCC(=O)N(C)Cc1ccc2c(c1)OCO2. The third-order valence-electron chi connectivity index (χ3n) is 3.40. The van der Waals surface area contributed by atoms with Crippen LogP contribution in [0.5, 0.6) is 11.5 Å². The molecule has 1 N–H and O–H groups in total. The molecule has 0 unspecified atom stereocenters. The molecular weight excluding hydrogens is 268 g/mol. The molecule has 5 nitrogen and oxygen atoms in total. The highest BCUT2D eigenvalue weighted by atomic mass is 16.7. The third-order valence-corrected chi connectivity index (χ3v) is 3.40. The van der Waals surface area contributed by atoms with Crippen LogP contribution < -0.4 is 14.8 Å². The minimum absolute atomic E-state index is 0.165. The molecule has 1 aliphatic rings. The van der Waals surface area contributed by atoms with Gasteiger partial charge in [-0.15, -0.1) is 0 Å². The van der Waals surface area contributed by atoms with Crippen molar-refractivity contribution in [2.75, 3.05) is 20.4 Å². The van der Waals surface area contributed by atoms with Crippen LogP contribution in [0.25, 0.3) is 0 Å². The van der Waals surface area contributed by atoms with E-state index in [0.29, 0.717) is 19.0 Å². The van der Waals surface area contributed by atoms with Crippen molar-refractivity contribution in [3.8, 4) is 11.5 Å². The van der Waals surface area contributed by atoms with Gasteiger partial charge in [-0.2, -0.15) is 0 Å². The van der Waals surface area contributed by atoms with Crippen LogP contribution in [0.15, 0.2) is 18.2 Å². The molecule has 1 amide bonds. The molecule has 1 heterocycles. The summed E-state index contributed by atoms with van der Waals surface area (Å²) in [4.78, 5) is 13.8. The molecule has 0 saturated carbocycles. The largest absolute Gasteiger partial charge is 0.454 e. The Morgan fingerprint density at radius 2 is 2.10 bits per heavy atom. The van der Waals surface area contributed by atoms with E-state index in [1.807, 2.05) is 25.2 Å². The molecule has 0 bridgehead atoms. The van der Waals surface area contributed by atoms with Crippen LogP contribution in [0.1, 0.15) is 32.3 Å². The van der Waals surface area contributed by atoms with Gasteiger partial charge in [0.05, 0.1) is 0 Å². The number of hydrogen-bond donors (Lipinski definition) is 1. The summed E-state index contributed by atoms with van der Waals surface area (Å²) in [5.41, 5.74) is 1.05. The first-order valence-electron chi connectivity index (χ1n) is 7.42. The van der Waals surface area contributed by atoms with Crippen molar-refractivity contribution in [3.05, 3.63) is 23.8 Å². The lowest BCUT2D eigenvalue weighted by atomic mass is 10.2. The van der Waals surface area contributed by atoms with Crippen LogP contribution in [0.4, 0.5) is 0 Å². The van der Waals surface area contributed by atoms with Crippen LogP contribution >= 0.6 is 0 Å². The van der Waals surface area contributed by atoms with Gasteiger partial charge in [0, 0.05) is 26.1 Å². The van der Waals surface area contributed by atoms with E-state index in [0.717, 1.165) is 30.0 Å². The fourth-order valence-electron chi connectivity index (χ4n) is 2.22. The quantitative estimate of drug-likeness (QED) is 0.782. The fourth-order valence-corrected chi connectivity index (χ4v) is 2.22. The van der Waals surface area contributed by atoms with Crippen molar-refractivity contribution in [1.29, 1.82) is 0 Å². The highest BCUT2D eigenvalue weighted by molar-refractivity contribution is 5.75. The summed E-state index contributed by atoms with van der Waals surface area (Å²) in [6.07, 6.45) is 1.43. The number of benzene rings is 1. The predicted octanol–water partition coefficient (Wildman–Crippen LogP) is 2.15. The summed E-state index contributed by atoms with van der Waals surface area (Å²) < 4.78 is 10.6. The topological polar surface area (TPSA) is 50.8 Å². The maximum Gasteiger partial charge on any atom is 0.231 e. The lowest BCUT2D eigenvalue weighted by Crippen LogP contribution is -2.28. The molecule has 0 spiro atoms. The molecule has 5 heteroatoms. The van der Waals surface area contributed by atoms with Crippen LogP contribution in [0, 0.1) is 0 Å². The van der Waals surface area contributed by atoms with Crippen molar-refractivity contribution >= 4 is 5.91 Å². The summed E-state index contributed by atoms with van der Waals surface area (Å²) in [7, 11) is 1.84. The third kappa shape index (κ3) is 4.63. The molecule has 21 heavy (non-hydrogen) atoms. The van der Waals surface area contributed by atoms with E-state index >= 15 is 0 Å². The molecule has 1 aromatic carbocycles. The number of carbonyl (C=O) groups is 1. The Bertz CT molecular complexity index is 488. The second kappa shape index (κ2) is 7.31. The van der Waals surface area contributed by atoms with Gasteiger partial charge >= 0.3 is 0 Å². The van der Waals surface area contributed by atoms with E-state index in [9.17, 15) is 4.79 Å². The maximum atomic E-state index is 12.1. The number of nitrogens with zero attached hydrogens (tertiary/aromatic N) is 1. The van der Waals surface area contributed by atoms with Gasteiger partial charge < -0.3 is 19.7 Å². The molecule has 0 radical (unpaired) electrons. The van der Waals surface area contributed by atoms with Gasteiger partial charge in [0.25, 0.3) is 0 Å². The van der Waals surface area contributed by atoms with Gasteiger partial charge in [-0.1, -0.05) is 19.9 Å². The Morgan fingerprint density at radius 1 is 1.33 bits per heavy atom. The first-order valence-corrected chi connectivity index (χ1v) is 7.42. The summed E-state index contributed by atoms with van der Waals surface area (Å²) in [5, 5.41) is 3.32. The molecule has 1 aliphatic heterocycles. The van der Waals surface area contributed by atoms with E-state index in [1.165, 1.54) is 0 Å². The number of ether oxygens (including phenoxy) is 2. The molecule has 0 saturated heterocycles. The number of amides is 1. The molecular formula is C16H24N2O3. The molecule has 0 atom stereocenters. The van der Waals surface area contributed by atoms with Crippen molar-refractivity contribution in [2.45, 2.75) is 39.3 Å². The first kappa shape index (κ1) is 15.6. The Morgan fingerprint density at radius 3 is 2.86 bits per heavy atom. The predicted molar refractivity (Wildman–Crippen MR) is 81.4 cm³/mol. The highest BCUT2D eigenvalue weighted by Gasteiger charge is 2.15. The monoisotopic (exact) mass is 292 g/mol. The number of nitrogens with one attached hydrogen (secondary N) is 1. The first-order chi connectivity index (χ1) is 10.1. The maximum absolute atomic E-state index is 12.1. The molecule has 116 valence electrons. The van der Waals surface area contributed by atoms with Gasteiger partial charge in [-0.3, -0.25) is 4.79 Å². The fraction of sp³-hybridized carbons (Fsp3) is 0.562. The standard InChI is InChI=1S/C16H24N2O3/c1-12(2)17-8-4-5-16(19)18(3)10-13-6-7-14-15(9-13)21-11-20-14/h6-7,9,12,17H,4-5,8,10-11H2,1-3H3. The second-order valence-corrected chi connectivity index (χ2v) is 5.65. The molecule has 0 fully saturated rings. The molecule has 1 aromatic rings. The van der Waals surface area contributed by atoms with E-state index in [2.05, 4.69) is 19.2 Å². The lowest BCUT2D eigenvalue weighted by Gasteiger charge is -2.18. The van der Waals surface area contributed by atoms with E-state index < -0.39 is 0 Å². The normalized spacial score (nSPS) is 12.8. The van der Waals surface area contributed by atoms with Crippen LogP contribution in [0.3, 0.4) is 0 Å². The van der Waals surface area contributed by atoms with Crippen LogP contribution in [0.2, 0.25) is 0 Å². The van der Waals surface area contributed by atoms with E-state index in [4.69, 9.17) is 9.47 Å². The summed E-state index contributed by atoms with van der Waals surface area (Å²) in [5.74, 6) is 1.69. The lowest BCUT2D eigenvalue weighted by molar-refractivity contribution is -0.130. The molecule has 0 aliphatic carbocycles. The zero-order valence-corrected chi connectivity index (χ0v) is 13.0. The average Bonchev–Trinajstić information content (AvgIpc) is 2.90. The zero-order valence-electron chi connectivity index (χ0n) is 13.0. The van der Waals surface area contributed by atoms with Gasteiger partial charge in [0.1, 0.15) is 0 Å². The number of fused-ring (bicyclic) bond motifs is 1. The van der Waals surface area contributed by atoms with Gasteiger partial charge in [-0.25, -0.2) is 0 Å². The van der Waals surface area contributed by atoms with Crippen molar-refractivity contribution in [1.82, 2.24) is 10.2 Å². The number of carbonyl (C=O) groups excluding carboxylic acids is 1. The summed E-state index contributed by atoms with van der Waals surface area (Å²) in [6.45, 7) is 5.95. The minimum atomic E-state index is 0.165. The van der Waals surface area contributed by atoms with Gasteiger partial charge in [0.15, 0.2) is 11.5 Å². The van der Waals surface area contributed by atoms with Crippen LogP contribution in [-0.2, 0) is 11.3 Å². The Kier molecular flexibility index (Phi) is 5.44. The van der Waals surface area contributed by atoms with E-state index in [-0.39, 0.29) is 12.7 Å². The Balaban J connectivity index is 1.78. The highest BCUT2D eigenvalue weighted by Crippen LogP contribution is 2.32. The average molecular weight is 292 g/mol. The summed E-state index contributed by atoms with van der Waals surface area (Å²) in [6, 6.07) is 6.26. The Labute approximate surface area is 126 Å². The van der Waals surface area contributed by atoms with Crippen LogP contribution in [-0.4, -0.2) is 37.2 Å². The Hall–Kier alpha value is -1.75. The zero-order chi connectivity index (χ0) is 15.2. The minimum Gasteiger partial charge on any atom is -0.454 e. The number of rotatable bonds is 7. The molecule has 2 rings (SSSR count). The smallest absolute Gasteiger partial charge is 0.231 e. The summed E-state index contributed by atoms with van der Waals surface area (Å²) >= 11 is 0.